The summed E-state index contributed by atoms with van der Waals surface area (Å²) in [6.45, 7) is 5.92. The zero-order valence-corrected chi connectivity index (χ0v) is 18.3. The molecule has 1 N–H and O–H groups in total. The average molecular weight is 442 g/mol. The Morgan fingerprint density at radius 2 is 1.84 bits per heavy atom. The molecule has 32 heavy (non-hydrogen) atoms. The SMILES string of the molecule is CC(C)(C)OC(=O)N1CCN(c2cccc3c2CN(C2CCC(=O)NC2=O)C3=O)C(=O)C1. The van der Waals surface area contributed by atoms with E-state index in [1.54, 1.807) is 43.9 Å². The first kappa shape index (κ1) is 21.8. The van der Waals surface area contributed by atoms with E-state index in [9.17, 15) is 24.0 Å². The van der Waals surface area contributed by atoms with Crippen LogP contribution >= 0.6 is 0 Å². The van der Waals surface area contributed by atoms with E-state index < -0.39 is 23.6 Å². The zero-order chi connectivity index (χ0) is 23.2. The highest BCUT2D eigenvalue weighted by Gasteiger charge is 2.41. The Labute approximate surface area is 185 Å². The normalized spacial score (nSPS) is 21.6. The number of carbonyl (C=O) groups excluding carboxylic acids is 5. The van der Waals surface area contributed by atoms with E-state index in [4.69, 9.17) is 4.74 Å². The van der Waals surface area contributed by atoms with Crippen LogP contribution in [-0.4, -0.2) is 70.8 Å². The Kier molecular flexibility index (Phi) is 5.39. The van der Waals surface area contributed by atoms with E-state index in [2.05, 4.69) is 5.32 Å². The van der Waals surface area contributed by atoms with Crippen molar-refractivity contribution in [3.63, 3.8) is 0 Å². The lowest BCUT2D eigenvalue weighted by atomic mass is 10.0. The molecule has 0 bridgehead atoms. The Balaban J connectivity index is 1.52. The van der Waals surface area contributed by atoms with Crippen LogP contribution in [0.5, 0.6) is 0 Å². The number of fused-ring (bicyclic) bond motifs is 1. The number of rotatable bonds is 2. The van der Waals surface area contributed by atoms with Crippen LogP contribution in [0.2, 0.25) is 0 Å². The third kappa shape index (κ3) is 4.04. The van der Waals surface area contributed by atoms with Gasteiger partial charge in [0.2, 0.25) is 17.7 Å². The molecule has 3 aliphatic rings. The molecule has 3 heterocycles. The first-order valence-corrected chi connectivity index (χ1v) is 10.6. The number of nitrogens with zero attached hydrogens (tertiary/aromatic N) is 3. The molecule has 1 aromatic rings. The van der Waals surface area contributed by atoms with Gasteiger partial charge in [0.05, 0.1) is 0 Å². The van der Waals surface area contributed by atoms with Crippen molar-refractivity contribution >= 4 is 35.4 Å². The molecule has 5 amide bonds. The number of imide groups is 1. The first-order valence-electron chi connectivity index (χ1n) is 10.6. The van der Waals surface area contributed by atoms with Crippen LogP contribution in [0.1, 0.15) is 49.5 Å². The monoisotopic (exact) mass is 442 g/mol. The lowest BCUT2D eigenvalue weighted by Gasteiger charge is -2.36. The second-order valence-corrected chi connectivity index (χ2v) is 9.15. The van der Waals surface area contributed by atoms with Gasteiger partial charge in [-0.05, 0) is 39.3 Å². The molecule has 1 atom stereocenters. The van der Waals surface area contributed by atoms with Crippen LogP contribution in [-0.2, 0) is 25.7 Å². The molecule has 0 aromatic heterocycles. The van der Waals surface area contributed by atoms with Gasteiger partial charge in [0.1, 0.15) is 18.2 Å². The Hall–Kier alpha value is -3.43. The summed E-state index contributed by atoms with van der Waals surface area (Å²) in [5.41, 5.74) is 1.05. The van der Waals surface area contributed by atoms with Crippen molar-refractivity contribution in [2.45, 2.75) is 51.8 Å². The van der Waals surface area contributed by atoms with Gasteiger partial charge in [-0.15, -0.1) is 0 Å². The van der Waals surface area contributed by atoms with Gasteiger partial charge in [0.15, 0.2) is 0 Å². The molecule has 2 saturated heterocycles. The topological polar surface area (TPSA) is 116 Å². The second kappa shape index (κ2) is 7.92. The molecule has 0 radical (unpaired) electrons. The van der Waals surface area contributed by atoms with Crippen molar-refractivity contribution in [1.82, 2.24) is 15.1 Å². The smallest absolute Gasteiger partial charge is 0.410 e. The molecular weight excluding hydrogens is 416 g/mol. The summed E-state index contributed by atoms with van der Waals surface area (Å²) in [4.78, 5) is 66.4. The molecule has 0 saturated carbocycles. The van der Waals surface area contributed by atoms with Gasteiger partial charge in [0, 0.05) is 42.9 Å². The predicted octanol–water partition coefficient (Wildman–Crippen LogP) is 1.03. The van der Waals surface area contributed by atoms with E-state index in [-0.39, 0.29) is 50.2 Å². The quantitative estimate of drug-likeness (QED) is 0.684. The molecule has 10 nitrogen and oxygen atoms in total. The maximum atomic E-state index is 13.0. The van der Waals surface area contributed by atoms with Gasteiger partial charge in [-0.1, -0.05) is 6.07 Å². The summed E-state index contributed by atoms with van der Waals surface area (Å²) in [6, 6.07) is 4.42. The fourth-order valence-electron chi connectivity index (χ4n) is 4.23. The summed E-state index contributed by atoms with van der Waals surface area (Å²) in [5.74, 6) is -1.39. The first-order chi connectivity index (χ1) is 15.0. The van der Waals surface area contributed by atoms with Crippen molar-refractivity contribution < 1.29 is 28.7 Å². The number of piperidine rings is 1. The molecule has 1 aromatic carbocycles. The highest BCUT2D eigenvalue weighted by Crippen LogP contribution is 2.34. The lowest BCUT2D eigenvalue weighted by Crippen LogP contribution is -2.53. The number of piperazine rings is 1. The van der Waals surface area contributed by atoms with Gasteiger partial charge < -0.3 is 14.5 Å². The lowest BCUT2D eigenvalue weighted by molar-refractivity contribution is -0.137. The largest absolute Gasteiger partial charge is 0.444 e. The highest BCUT2D eigenvalue weighted by atomic mass is 16.6. The van der Waals surface area contributed by atoms with Crippen LogP contribution in [0.3, 0.4) is 0 Å². The van der Waals surface area contributed by atoms with Crippen LogP contribution in [0.4, 0.5) is 10.5 Å². The molecule has 1 unspecified atom stereocenters. The number of ether oxygens (including phenoxy) is 1. The van der Waals surface area contributed by atoms with Crippen LogP contribution in [0.15, 0.2) is 18.2 Å². The molecule has 2 fully saturated rings. The van der Waals surface area contributed by atoms with Crippen LogP contribution in [0.25, 0.3) is 0 Å². The maximum absolute atomic E-state index is 13.0. The number of carbonyl (C=O) groups is 5. The summed E-state index contributed by atoms with van der Waals surface area (Å²) in [6.07, 6.45) is -0.0927. The molecule has 170 valence electrons. The average Bonchev–Trinajstić information content (AvgIpc) is 3.03. The molecule has 0 aliphatic carbocycles. The Bertz CT molecular complexity index is 1010. The zero-order valence-electron chi connectivity index (χ0n) is 18.3. The molecule has 4 rings (SSSR count). The van der Waals surface area contributed by atoms with Crippen molar-refractivity contribution in [3.8, 4) is 0 Å². The number of hydrogen-bond acceptors (Lipinski definition) is 6. The van der Waals surface area contributed by atoms with E-state index in [1.165, 1.54) is 9.80 Å². The van der Waals surface area contributed by atoms with Gasteiger partial charge in [0.25, 0.3) is 5.91 Å². The van der Waals surface area contributed by atoms with Gasteiger partial charge in [-0.25, -0.2) is 4.79 Å². The molecule has 3 aliphatic heterocycles. The predicted molar refractivity (Wildman–Crippen MR) is 113 cm³/mol. The number of nitrogens with one attached hydrogen (secondary N) is 1. The molecule has 0 spiro atoms. The summed E-state index contributed by atoms with van der Waals surface area (Å²) in [5, 5.41) is 2.28. The van der Waals surface area contributed by atoms with Gasteiger partial charge in [-0.3, -0.25) is 29.4 Å². The summed E-state index contributed by atoms with van der Waals surface area (Å²) >= 11 is 0. The second-order valence-electron chi connectivity index (χ2n) is 9.15. The number of amides is 5. The van der Waals surface area contributed by atoms with E-state index >= 15 is 0 Å². The van der Waals surface area contributed by atoms with Crippen molar-refractivity contribution in [1.29, 1.82) is 0 Å². The maximum Gasteiger partial charge on any atom is 0.410 e. The van der Waals surface area contributed by atoms with E-state index in [1.807, 2.05) is 0 Å². The Morgan fingerprint density at radius 3 is 2.50 bits per heavy atom. The van der Waals surface area contributed by atoms with Crippen LogP contribution < -0.4 is 10.2 Å². The van der Waals surface area contributed by atoms with E-state index in [0.717, 1.165) is 0 Å². The minimum Gasteiger partial charge on any atom is -0.444 e. The summed E-state index contributed by atoms with van der Waals surface area (Å²) in [7, 11) is 0. The van der Waals surface area contributed by atoms with E-state index in [0.29, 0.717) is 23.4 Å². The van der Waals surface area contributed by atoms with Gasteiger partial charge >= 0.3 is 6.09 Å². The van der Waals surface area contributed by atoms with Crippen molar-refractivity contribution in [2.75, 3.05) is 24.5 Å². The van der Waals surface area contributed by atoms with Gasteiger partial charge in [-0.2, -0.15) is 0 Å². The number of anilines is 1. The van der Waals surface area contributed by atoms with Crippen molar-refractivity contribution in [3.05, 3.63) is 29.3 Å². The standard InChI is InChI=1S/C22H26N4O6/c1-22(2,3)32-21(31)24-9-10-25(18(28)12-24)15-6-4-5-13-14(15)11-26(20(13)30)16-7-8-17(27)23-19(16)29/h4-6,16H,7-12H2,1-3H3,(H,23,27,29). The third-order valence-corrected chi connectivity index (χ3v) is 5.72. The minimum atomic E-state index is -0.722. The number of hydrogen-bond donors (Lipinski definition) is 1. The van der Waals surface area contributed by atoms with Crippen molar-refractivity contribution in [2.24, 2.45) is 0 Å². The Morgan fingerprint density at radius 1 is 1.09 bits per heavy atom. The van der Waals surface area contributed by atoms with Crippen LogP contribution in [0, 0.1) is 0 Å². The third-order valence-electron chi connectivity index (χ3n) is 5.72. The fraction of sp³-hybridized carbons (Fsp3) is 0.500. The molecular formula is C22H26N4O6. The highest BCUT2D eigenvalue weighted by molar-refractivity contribution is 6.07. The minimum absolute atomic E-state index is 0.122. The molecule has 10 heteroatoms. The number of benzene rings is 1. The fourth-order valence-corrected chi connectivity index (χ4v) is 4.23. The summed E-state index contributed by atoms with van der Waals surface area (Å²) < 4.78 is 5.36.